The molecule has 0 spiro atoms. The summed E-state index contributed by atoms with van der Waals surface area (Å²) in [5.74, 6) is -0.824. The highest BCUT2D eigenvalue weighted by atomic mass is 79.9. The Morgan fingerprint density at radius 1 is 1.32 bits per heavy atom. The van der Waals surface area contributed by atoms with Crippen molar-refractivity contribution in [2.75, 3.05) is 19.8 Å². The van der Waals surface area contributed by atoms with E-state index in [1.54, 1.807) is 18.2 Å². The van der Waals surface area contributed by atoms with Gasteiger partial charge in [0.05, 0.1) is 0 Å². The maximum atomic E-state index is 12.7. The number of hydrogen-bond acceptors (Lipinski definition) is 4. The number of carbonyl (C=O) groups excluding carboxylic acids is 1. The molecular weight excluding hydrogens is 410 g/mol. The molecule has 1 aromatic heterocycles. The highest BCUT2D eigenvalue weighted by Gasteiger charge is 2.26. The number of sulfonamides is 1. The van der Waals surface area contributed by atoms with Gasteiger partial charge in [0.1, 0.15) is 10.6 Å². The Hall–Kier alpha value is -1.42. The van der Waals surface area contributed by atoms with Gasteiger partial charge in [0, 0.05) is 35.1 Å². The predicted octanol–water partition coefficient (Wildman–Crippen LogP) is 2.51. The smallest absolute Gasteiger partial charge is 0.266 e. The van der Waals surface area contributed by atoms with Crippen LogP contribution in [0, 0.1) is 0 Å². The van der Waals surface area contributed by atoms with Crippen molar-refractivity contribution in [3.05, 3.63) is 28.4 Å². The number of benzene rings is 1. The van der Waals surface area contributed by atoms with Crippen molar-refractivity contribution in [3.63, 3.8) is 0 Å². The number of primary amides is 1. The summed E-state index contributed by atoms with van der Waals surface area (Å²) in [6, 6.07) is 5.08. The van der Waals surface area contributed by atoms with Gasteiger partial charge in [-0.2, -0.15) is 0 Å². The summed E-state index contributed by atoms with van der Waals surface area (Å²) in [5.41, 5.74) is 5.74. The Balaban J connectivity index is 2.16. The van der Waals surface area contributed by atoms with Crippen molar-refractivity contribution >= 4 is 42.8 Å². The van der Waals surface area contributed by atoms with E-state index in [9.17, 15) is 13.2 Å². The van der Waals surface area contributed by atoms with E-state index < -0.39 is 15.9 Å². The maximum absolute atomic E-state index is 12.7. The van der Waals surface area contributed by atoms with Gasteiger partial charge in [0.25, 0.3) is 5.91 Å². The number of fused-ring (bicyclic) bond motifs is 1. The predicted molar refractivity (Wildman–Crippen MR) is 100 cm³/mol. The minimum Gasteiger partial charge on any atom is -0.381 e. The summed E-state index contributed by atoms with van der Waals surface area (Å²) in [6.07, 6.45) is 2.58. The second-order valence-electron chi connectivity index (χ2n) is 5.60. The zero-order valence-electron chi connectivity index (χ0n) is 14.0. The standard InChI is InChI=1S/C16H22BrN3O4S/c1-2-3-8-24-9-4-7-19-25(22,23)15-12-10-11(17)5-6-13(12)20-14(15)16(18)21/h5-6,10,19-20H,2-4,7-9H2,1H3,(H2,18,21). The number of unbranched alkanes of at least 4 members (excludes halogenated alkanes) is 1. The fraction of sp³-hybridized carbons (Fsp3) is 0.438. The molecule has 0 aliphatic rings. The topological polar surface area (TPSA) is 114 Å². The summed E-state index contributed by atoms with van der Waals surface area (Å²) in [5, 5.41) is 0.412. The van der Waals surface area contributed by atoms with Gasteiger partial charge < -0.3 is 15.5 Å². The Labute approximate surface area is 155 Å². The zero-order chi connectivity index (χ0) is 18.4. The number of halogens is 1. The molecule has 0 aliphatic heterocycles. The van der Waals surface area contributed by atoms with Crippen LogP contribution in [0.2, 0.25) is 0 Å². The van der Waals surface area contributed by atoms with Crippen molar-refractivity contribution in [1.29, 1.82) is 0 Å². The molecule has 1 aromatic carbocycles. The van der Waals surface area contributed by atoms with Crippen LogP contribution < -0.4 is 10.5 Å². The lowest BCUT2D eigenvalue weighted by atomic mass is 10.2. The molecule has 2 rings (SSSR count). The lowest BCUT2D eigenvalue weighted by molar-refractivity contribution is 0.0993. The summed E-state index contributed by atoms with van der Waals surface area (Å²) < 4.78 is 34.0. The first-order valence-corrected chi connectivity index (χ1v) is 10.3. The number of nitrogens with one attached hydrogen (secondary N) is 2. The van der Waals surface area contributed by atoms with Crippen LogP contribution in [0.4, 0.5) is 0 Å². The van der Waals surface area contributed by atoms with E-state index >= 15 is 0 Å². The average Bonchev–Trinajstić information content (AvgIpc) is 2.93. The van der Waals surface area contributed by atoms with E-state index in [1.165, 1.54) is 0 Å². The van der Waals surface area contributed by atoms with E-state index in [0.717, 1.165) is 12.8 Å². The summed E-state index contributed by atoms with van der Waals surface area (Å²) in [6.45, 7) is 3.44. The molecule has 25 heavy (non-hydrogen) atoms. The molecule has 2 aromatic rings. The quantitative estimate of drug-likeness (QED) is 0.501. The lowest BCUT2D eigenvalue weighted by Gasteiger charge is -2.08. The van der Waals surface area contributed by atoms with E-state index in [-0.39, 0.29) is 17.1 Å². The van der Waals surface area contributed by atoms with Crippen molar-refractivity contribution in [2.24, 2.45) is 5.73 Å². The number of aromatic amines is 1. The van der Waals surface area contributed by atoms with Gasteiger partial charge in [-0.15, -0.1) is 0 Å². The first-order chi connectivity index (χ1) is 11.9. The highest BCUT2D eigenvalue weighted by Crippen LogP contribution is 2.29. The van der Waals surface area contributed by atoms with Crippen LogP contribution in [0.5, 0.6) is 0 Å². The van der Waals surface area contributed by atoms with Crippen molar-refractivity contribution in [3.8, 4) is 0 Å². The van der Waals surface area contributed by atoms with E-state index in [4.69, 9.17) is 10.5 Å². The molecule has 4 N–H and O–H groups in total. The first-order valence-electron chi connectivity index (χ1n) is 8.05. The van der Waals surface area contributed by atoms with Gasteiger partial charge in [-0.1, -0.05) is 29.3 Å². The van der Waals surface area contributed by atoms with E-state index in [2.05, 4.69) is 32.6 Å². The fourth-order valence-electron chi connectivity index (χ4n) is 2.39. The number of rotatable bonds is 10. The molecule has 0 unspecified atom stereocenters. The van der Waals surface area contributed by atoms with Gasteiger partial charge >= 0.3 is 0 Å². The number of carbonyl (C=O) groups is 1. The Morgan fingerprint density at radius 2 is 2.04 bits per heavy atom. The molecule has 0 bridgehead atoms. The van der Waals surface area contributed by atoms with Crippen LogP contribution in [-0.2, 0) is 14.8 Å². The van der Waals surface area contributed by atoms with Crippen molar-refractivity contribution in [1.82, 2.24) is 9.71 Å². The zero-order valence-corrected chi connectivity index (χ0v) is 16.4. The van der Waals surface area contributed by atoms with Crippen LogP contribution in [0.15, 0.2) is 27.6 Å². The molecule has 9 heteroatoms. The molecule has 1 heterocycles. The molecule has 0 aliphatic carbocycles. The monoisotopic (exact) mass is 431 g/mol. The molecule has 7 nitrogen and oxygen atoms in total. The Bertz CT molecular complexity index is 848. The third kappa shape index (κ3) is 5.04. The summed E-state index contributed by atoms with van der Waals surface area (Å²) in [4.78, 5) is 14.3. The molecular formula is C16H22BrN3O4S. The first kappa shape index (κ1) is 19.9. The maximum Gasteiger partial charge on any atom is 0.266 e. The second kappa shape index (κ2) is 8.79. The van der Waals surface area contributed by atoms with Crippen LogP contribution >= 0.6 is 15.9 Å². The number of amides is 1. The van der Waals surface area contributed by atoms with Crippen LogP contribution in [0.25, 0.3) is 10.9 Å². The van der Waals surface area contributed by atoms with Gasteiger partial charge in [-0.3, -0.25) is 4.79 Å². The van der Waals surface area contributed by atoms with Crippen LogP contribution in [-0.4, -0.2) is 39.1 Å². The van der Waals surface area contributed by atoms with Crippen molar-refractivity contribution < 1.29 is 17.9 Å². The Kier molecular flexibility index (Phi) is 7.00. The SMILES string of the molecule is CCCCOCCCNS(=O)(=O)c1c(C(N)=O)[nH]c2ccc(Br)cc12. The highest BCUT2D eigenvalue weighted by molar-refractivity contribution is 9.10. The van der Waals surface area contributed by atoms with Gasteiger partial charge in [0.15, 0.2) is 0 Å². The molecule has 0 saturated heterocycles. The second-order valence-corrected chi connectivity index (χ2v) is 8.22. The largest absolute Gasteiger partial charge is 0.381 e. The third-order valence-corrected chi connectivity index (χ3v) is 5.67. The van der Waals surface area contributed by atoms with Gasteiger partial charge in [0.2, 0.25) is 10.0 Å². The number of H-pyrrole nitrogens is 1. The third-order valence-electron chi connectivity index (χ3n) is 3.63. The van der Waals surface area contributed by atoms with Crippen molar-refractivity contribution in [2.45, 2.75) is 31.1 Å². The van der Waals surface area contributed by atoms with Crippen LogP contribution in [0.3, 0.4) is 0 Å². The van der Waals surface area contributed by atoms with E-state index in [1.807, 2.05) is 0 Å². The van der Waals surface area contributed by atoms with E-state index in [0.29, 0.717) is 35.0 Å². The molecule has 138 valence electrons. The molecule has 0 fully saturated rings. The molecule has 1 amide bonds. The lowest BCUT2D eigenvalue weighted by Crippen LogP contribution is -2.28. The fourth-order valence-corrected chi connectivity index (χ4v) is 4.19. The number of hydrogen-bond donors (Lipinski definition) is 3. The average molecular weight is 432 g/mol. The molecule has 0 atom stereocenters. The van der Waals surface area contributed by atoms with Gasteiger partial charge in [-0.25, -0.2) is 13.1 Å². The summed E-state index contributed by atoms with van der Waals surface area (Å²) >= 11 is 3.31. The molecule has 0 radical (unpaired) electrons. The Morgan fingerprint density at radius 3 is 2.72 bits per heavy atom. The molecule has 0 saturated carbocycles. The minimum atomic E-state index is -3.89. The summed E-state index contributed by atoms with van der Waals surface area (Å²) in [7, 11) is -3.89. The normalized spacial score (nSPS) is 11.9. The van der Waals surface area contributed by atoms with Gasteiger partial charge in [-0.05, 0) is 31.0 Å². The number of aromatic nitrogens is 1. The van der Waals surface area contributed by atoms with Crippen LogP contribution in [0.1, 0.15) is 36.7 Å². The minimum absolute atomic E-state index is 0.122. The number of nitrogens with two attached hydrogens (primary N) is 1. The number of ether oxygens (including phenoxy) is 1.